The molecular formula is C13H12N2O3. The summed E-state index contributed by atoms with van der Waals surface area (Å²) in [4.78, 5) is 10.8. The summed E-state index contributed by atoms with van der Waals surface area (Å²) in [6.07, 6.45) is 3.56. The maximum atomic E-state index is 10.8. The van der Waals surface area contributed by atoms with Gasteiger partial charge in [-0.15, -0.1) is 0 Å². The molecule has 0 atom stereocenters. The number of benzene rings is 1. The van der Waals surface area contributed by atoms with E-state index < -0.39 is 0 Å². The maximum Gasteiger partial charge on any atom is 0.264 e. The molecule has 0 amide bonds. The predicted octanol–water partition coefficient (Wildman–Crippen LogP) is 1.65. The number of phenols is 1. The molecular weight excluding hydrogens is 232 g/mol. The number of phenolic OH excluding ortho intramolecular Hbond substituents is 1. The number of aromatic hydroxyl groups is 1. The van der Waals surface area contributed by atoms with Gasteiger partial charge in [0.2, 0.25) is 0 Å². The van der Waals surface area contributed by atoms with Gasteiger partial charge in [-0.25, -0.2) is 5.10 Å². The van der Waals surface area contributed by atoms with Crippen LogP contribution in [0.2, 0.25) is 0 Å². The minimum absolute atomic E-state index is 0.0943. The van der Waals surface area contributed by atoms with E-state index in [9.17, 15) is 9.90 Å². The van der Waals surface area contributed by atoms with Gasteiger partial charge in [-0.1, -0.05) is 12.1 Å². The summed E-state index contributed by atoms with van der Waals surface area (Å²) in [5.41, 5.74) is 1.26. The number of H-pyrrole nitrogens is 1. The van der Waals surface area contributed by atoms with E-state index in [2.05, 4.69) is 10.2 Å². The smallest absolute Gasteiger partial charge is 0.264 e. The summed E-state index contributed by atoms with van der Waals surface area (Å²) in [6.45, 7) is 0. The van der Waals surface area contributed by atoms with E-state index in [1.807, 2.05) is 6.08 Å². The van der Waals surface area contributed by atoms with Crippen LogP contribution >= 0.6 is 0 Å². The Hall–Kier alpha value is -2.56. The zero-order valence-corrected chi connectivity index (χ0v) is 9.75. The molecule has 0 aliphatic carbocycles. The summed E-state index contributed by atoms with van der Waals surface area (Å²) >= 11 is 0. The molecule has 0 aliphatic rings. The van der Waals surface area contributed by atoms with E-state index in [0.29, 0.717) is 11.4 Å². The van der Waals surface area contributed by atoms with E-state index in [-0.39, 0.29) is 11.3 Å². The molecule has 2 rings (SSSR count). The lowest BCUT2D eigenvalue weighted by molar-refractivity contribution is 0.373. The van der Waals surface area contributed by atoms with E-state index in [1.54, 1.807) is 30.3 Å². The summed E-state index contributed by atoms with van der Waals surface area (Å²) in [5.74, 6) is 0.503. The van der Waals surface area contributed by atoms with Crippen molar-refractivity contribution < 1.29 is 9.84 Å². The van der Waals surface area contributed by atoms with Gasteiger partial charge in [-0.2, -0.15) is 5.10 Å². The summed E-state index contributed by atoms with van der Waals surface area (Å²) in [5, 5.41) is 15.6. The molecule has 92 valence electrons. The van der Waals surface area contributed by atoms with Gasteiger partial charge >= 0.3 is 0 Å². The number of aromatic amines is 1. The zero-order chi connectivity index (χ0) is 13.0. The van der Waals surface area contributed by atoms with Crippen molar-refractivity contribution in [3.63, 3.8) is 0 Å². The van der Waals surface area contributed by atoms with Gasteiger partial charge in [0.15, 0.2) is 11.5 Å². The van der Waals surface area contributed by atoms with Crippen LogP contribution in [0, 0.1) is 0 Å². The summed E-state index contributed by atoms with van der Waals surface area (Å²) < 4.78 is 5.01. The minimum Gasteiger partial charge on any atom is -0.504 e. The van der Waals surface area contributed by atoms with E-state index in [0.717, 1.165) is 5.56 Å². The number of rotatable bonds is 3. The van der Waals surface area contributed by atoms with Crippen molar-refractivity contribution in [2.45, 2.75) is 0 Å². The first-order chi connectivity index (χ1) is 8.69. The van der Waals surface area contributed by atoms with E-state index in [4.69, 9.17) is 4.74 Å². The van der Waals surface area contributed by atoms with Gasteiger partial charge in [0.1, 0.15) is 0 Å². The quantitative estimate of drug-likeness (QED) is 0.860. The topological polar surface area (TPSA) is 75.2 Å². The highest BCUT2D eigenvalue weighted by molar-refractivity contribution is 5.69. The number of nitrogens with one attached hydrogen (secondary N) is 1. The van der Waals surface area contributed by atoms with Crippen LogP contribution in [-0.4, -0.2) is 22.4 Å². The molecule has 5 nitrogen and oxygen atoms in total. The van der Waals surface area contributed by atoms with Crippen LogP contribution in [0.15, 0.2) is 35.1 Å². The number of hydrogen-bond acceptors (Lipinski definition) is 4. The van der Waals surface area contributed by atoms with Crippen LogP contribution in [0.1, 0.15) is 11.3 Å². The highest BCUT2D eigenvalue weighted by Gasteiger charge is 2.00. The molecule has 0 spiro atoms. The molecule has 0 bridgehead atoms. The van der Waals surface area contributed by atoms with E-state index >= 15 is 0 Å². The van der Waals surface area contributed by atoms with Crippen molar-refractivity contribution in [1.82, 2.24) is 10.2 Å². The molecule has 0 radical (unpaired) electrons. The average Bonchev–Trinajstić information content (AvgIpc) is 2.39. The Bertz CT molecular complexity index is 612. The largest absolute Gasteiger partial charge is 0.504 e. The van der Waals surface area contributed by atoms with Crippen LogP contribution in [-0.2, 0) is 0 Å². The second kappa shape index (κ2) is 5.18. The molecule has 0 fully saturated rings. The lowest BCUT2D eigenvalue weighted by Gasteiger charge is -2.03. The van der Waals surface area contributed by atoms with Crippen LogP contribution in [0.3, 0.4) is 0 Å². The van der Waals surface area contributed by atoms with Gasteiger partial charge in [0.05, 0.1) is 12.8 Å². The molecule has 0 unspecified atom stereocenters. The van der Waals surface area contributed by atoms with Crippen LogP contribution in [0.4, 0.5) is 0 Å². The molecule has 0 aliphatic heterocycles. The fraction of sp³-hybridized carbons (Fsp3) is 0.0769. The molecule has 1 aromatic heterocycles. The lowest BCUT2D eigenvalue weighted by atomic mass is 10.2. The third-order valence-corrected chi connectivity index (χ3v) is 2.35. The SMILES string of the molecule is COc1cc(/C=C/c2ccc(=O)[nH]n2)ccc1O. The number of nitrogens with zero attached hydrogens (tertiary/aromatic N) is 1. The van der Waals surface area contributed by atoms with Gasteiger partial charge in [-0.3, -0.25) is 4.79 Å². The first-order valence-corrected chi connectivity index (χ1v) is 5.30. The normalized spacial score (nSPS) is 10.7. The Kier molecular flexibility index (Phi) is 3.43. The third-order valence-electron chi connectivity index (χ3n) is 2.35. The second-order valence-corrected chi connectivity index (χ2v) is 3.61. The Morgan fingerprint density at radius 3 is 2.78 bits per heavy atom. The Morgan fingerprint density at radius 2 is 2.11 bits per heavy atom. The monoisotopic (exact) mass is 244 g/mol. The number of ether oxygens (including phenoxy) is 1. The molecule has 1 aromatic carbocycles. The van der Waals surface area contributed by atoms with Crippen molar-refractivity contribution in [1.29, 1.82) is 0 Å². The summed E-state index contributed by atoms with van der Waals surface area (Å²) in [6, 6.07) is 8.04. The predicted molar refractivity (Wildman–Crippen MR) is 68.4 cm³/mol. The molecule has 18 heavy (non-hydrogen) atoms. The molecule has 2 aromatic rings. The van der Waals surface area contributed by atoms with Crippen molar-refractivity contribution in [3.05, 3.63) is 51.9 Å². The molecule has 5 heteroatoms. The number of aromatic nitrogens is 2. The van der Waals surface area contributed by atoms with Gasteiger partial charge < -0.3 is 9.84 Å². The highest BCUT2D eigenvalue weighted by Crippen LogP contribution is 2.26. The van der Waals surface area contributed by atoms with Crippen molar-refractivity contribution in [2.75, 3.05) is 7.11 Å². The number of methoxy groups -OCH3 is 1. The van der Waals surface area contributed by atoms with Crippen molar-refractivity contribution >= 4 is 12.2 Å². The second-order valence-electron chi connectivity index (χ2n) is 3.61. The molecule has 2 N–H and O–H groups in total. The first-order valence-electron chi connectivity index (χ1n) is 5.30. The zero-order valence-electron chi connectivity index (χ0n) is 9.75. The van der Waals surface area contributed by atoms with Gasteiger partial charge in [-0.05, 0) is 29.8 Å². The Morgan fingerprint density at radius 1 is 1.28 bits per heavy atom. The number of hydrogen-bond donors (Lipinski definition) is 2. The standard InChI is InChI=1S/C13H12N2O3/c1-18-12-8-9(3-6-11(12)16)2-4-10-5-7-13(17)15-14-10/h2-8,16H,1H3,(H,15,17)/b4-2+. The van der Waals surface area contributed by atoms with E-state index in [1.165, 1.54) is 13.2 Å². The lowest BCUT2D eigenvalue weighted by Crippen LogP contribution is -2.05. The summed E-state index contributed by atoms with van der Waals surface area (Å²) in [7, 11) is 1.49. The minimum atomic E-state index is -0.238. The average molecular weight is 244 g/mol. The first kappa shape index (κ1) is 11.9. The third kappa shape index (κ3) is 2.76. The Balaban J connectivity index is 2.23. The van der Waals surface area contributed by atoms with Crippen LogP contribution in [0.25, 0.3) is 12.2 Å². The molecule has 1 heterocycles. The van der Waals surface area contributed by atoms with Crippen LogP contribution in [0.5, 0.6) is 11.5 Å². The van der Waals surface area contributed by atoms with Crippen molar-refractivity contribution in [3.8, 4) is 11.5 Å². The maximum absolute atomic E-state index is 10.8. The molecule has 0 saturated heterocycles. The molecule has 0 saturated carbocycles. The Labute approximate surface area is 103 Å². The van der Waals surface area contributed by atoms with Gasteiger partial charge in [0.25, 0.3) is 5.56 Å². The highest BCUT2D eigenvalue weighted by atomic mass is 16.5. The van der Waals surface area contributed by atoms with Crippen LogP contribution < -0.4 is 10.3 Å². The van der Waals surface area contributed by atoms with Crippen molar-refractivity contribution in [2.24, 2.45) is 0 Å². The fourth-order valence-corrected chi connectivity index (χ4v) is 1.43. The fourth-order valence-electron chi connectivity index (χ4n) is 1.43. The van der Waals surface area contributed by atoms with Gasteiger partial charge in [0, 0.05) is 6.07 Å².